The Morgan fingerprint density at radius 1 is 1.44 bits per heavy atom. The molecule has 8 nitrogen and oxygen atoms in total. The fourth-order valence-corrected chi connectivity index (χ4v) is 3.04. The van der Waals surface area contributed by atoms with Crippen molar-refractivity contribution >= 4 is 5.91 Å². The Kier molecular flexibility index (Phi) is 4.71. The molecule has 1 amide bonds. The second-order valence-electron chi connectivity index (χ2n) is 6.59. The van der Waals surface area contributed by atoms with Crippen molar-refractivity contribution in [1.29, 1.82) is 0 Å². The Morgan fingerprint density at radius 2 is 2.20 bits per heavy atom. The number of pyridine rings is 1. The van der Waals surface area contributed by atoms with Gasteiger partial charge in [-0.3, -0.25) is 9.59 Å². The smallest absolute Gasteiger partial charge is 0.254 e. The van der Waals surface area contributed by atoms with Gasteiger partial charge >= 0.3 is 0 Å². The molecule has 0 aliphatic carbocycles. The lowest BCUT2D eigenvalue weighted by atomic mass is 10.1. The van der Waals surface area contributed by atoms with Crippen LogP contribution in [0.5, 0.6) is 0 Å². The molecular formula is C17H22N4O4. The number of ether oxygens (including phenoxy) is 1. The van der Waals surface area contributed by atoms with Gasteiger partial charge in [-0.1, -0.05) is 19.0 Å². The molecule has 0 aromatic carbocycles. The molecule has 2 aromatic rings. The predicted molar refractivity (Wildman–Crippen MR) is 89.4 cm³/mol. The summed E-state index contributed by atoms with van der Waals surface area (Å²) in [6.07, 6.45) is 0.456. The molecule has 3 heterocycles. The van der Waals surface area contributed by atoms with Crippen molar-refractivity contribution in [3.8, 4) is 0 Å². The Bertz CT molecular complexity index is 826. The highest BCUT2D eigenvalue weighted by Gasteiger charge is 2.40. The SMILES string of the molecule is CO[C@H]1C[C@H](c2nc(C)no2)N(C(=O)c2cc(C(C)C)[nH]c(=O)c2)C1. The molecule has 0 saturated carbocycles. The first-order valence-electron chi connectivity index (χ1n) is 8.27. The summed E-state index contributed by atoms with van der Waals surface area (Å²) in [5.74, 6) is 0.773. The first kappa shape index (κ1) is 17.3. The van der Waals surface area contributed by atoms with Crippen LogP contribution in [0.1, 0.15) is 60.0 Å². The number of rotatable bonds is 4. The fraction of sp³-hybridized carbons (Fsp3) is 0.529. The molecule has 8 heteroatoms. The summed E-state index contributed by atoms with van der Waals surface area (Å²) >= 11 is 0. The Labute approximate surface area is 145 Å². The third-order valence-electron chi connectivity index (χ3n) is 4.42. The summed E-state index contributed by atoms with van der Waals surface area (Å²) < 4.78 is 10.7. The van der Waals surface area contributed by atoms with E-state index >= 15 is 0 Å². The molecule has 3 rings (SSSR count). The number of hydrogen-bond acceptors (Lipinski definition) is 6. The minimum atomic E-state index is -0.361. The normalized spacial score (nSPS) is 20.4. The van der Waals surface area contributed by atoms with E-state index in [1.165, 1.54) is 6.07 Å². The molecule has 1 aliphatic rings. The van der Waals surface area contributed by atoms with E-state index in [1.807, 2.05) is 13.8 Å². The summed E-state index contributed by atoms with van der Waals surface area (Å²) in [6.45, 7) is 6.06. The minimum absolute atomic E-state index is 0.111. The lowest BCUT2D eigenvalue weighted by Gasteiger charge is -2.22. The maximum Gasteiger partial charge on any atom is 0.254 e. The highest BCUT2D eigenvalue weighted by atomic mass is 16.5. The molecule has 1 fully saturated rings. The number of carbonyl (C=O) groups excluding carboxylic acids is 1. The molecule has 0 unspecified atom stereocenters. The van der Waals surface area contributed by atoms with Gasteiger partial charge in [0.1, 0.15) is 6.04 Å². The van der Waals surface area contributed by atoms with E-state index in [2.05, 4.69) is 15.1 Å². The van der Waals surface area contributed by atoms with Crippen LogP contribution in [0.3, 0.4) is 0 Å². The first-order valence-corrected chi connectivity index (χ1v) is 8.27. The van der Waals surface area contributed by atoms with Crippen LogP contribution in [0.4, 0.5) is 0 Å². The van der Waals surface area contributed by atoms with Crippen molar-refractivity contribution < 1.29 is 14.1 Å². The van der Waals surface area contributed by atoms with E-state index in [9.17, 15) is 9.59 Å². The fourth-order valence-electron chi connectivity index (χ4n) is 3.04. The van der Waals surface area contributed by atoms with Gasteiger partial charge in [0.2, 0.25) is 11.4 Å². The molecule has 2 atom stereocenters. The second kappa shape index (κ2) is 6.79. The van der Waals surface area contributed by atoms with Gasteiger partial charge in [-0.05, 0) is 18.9 Å². The molecule has 0 bridgehead atoms. The zero-order chi connectivity index (χ0) is 18.1. The number of hydrogen-bond donors (Lipinski definition) is 1. The van der Waals surface area contributed by atoms with Gasteiger partial charge in [0.25, 0.3) is 5.91 Å². The maximum absolute atomic E-state index is 13.1. The van der Waals surface area contributed by atoms with Crippen LogP contribution in [0, 0.1) is 6.92 Å². The van der Waals surface area contributed by atoms with Crippen LogP contribution in [0.2, 0.25) is 0 Å². The number of methoxy groups -OCH3 is 1. The van der Waals surface area contributed by atoms with E-state index < -0.39 is 0 Å². The van der Waals surface area contributed by atoms with E-state index in [0.29, 0.717) is 30.2 Å². The third-order valence-corrected chi connectivity index (χ3v) is 4.42. The minimum Gasteiger partial charge on any atom is -0.380 e. The van der Waals surface area contributed by atoms with Crippen LogP contribution < -0.4 is 5.56 Å². The molecule has 1 aliphatic heterocycles. The number of aromatic amines is 1. The molecule has 134 valence electrons. The van der Waals surface area contributed by atoms with E-state index in [-0.39, 0.29) is 29.5 Å². The zero-order valence-electron chi connectivity index (χ0n) is 14.8. The van der Waals surface area contributed by atoms with Gasteiger partial charge in [0, 0.05) is 37.4 Å². The van der Waals surface area contributed by atoms with Gasteiger partial charge < -0.3 is 19.1 Å². The molecule has 1 N–H and O–H groups in total. The number of nitrogens with one attached hydrogen (secondary N) is 1. The molecular weight excluding hydrogens is 324 g/mol. The van der Waals surface area contributed by atoms with Crippen LogP contribution in [0.15, 0.2) is 21.5 Å². The van der Waals surface area contributed by atoms with Crippen LogP contribution >= 0.6 is 0 Å². The van der Waals surface area contributed by atoms with Crippen LogP contribution in [-0.2, 0) is 4.74 Å². The van der Waals surface area contributed by atoms with Gasteiger partial charge in [0.05, 0.1) is 6.10 Å². The van der Waals surface area contributed by atoms with Crippen molar-refractivity contribution in [3.63, 3.8) is 0 Å². The topological polar surface area (TPSA) is 101 Å². The average molecular weight is 346 g/mol. The number of amides is 1. The highest BCUT2D eigenvalue weighted by Crippen LogP contribution is 2.33. The van der Waals surface area contributed by atoms with Gasteiger partial charge in [-0.2, -0.15) is 4.98 Å². The maximum atomic E-state index is 13.1. The number of H-pyrrole nitrogens is 1. The van der Waals surface area contributed by atoms with Crippen LogP contribution in [-0.4, -0.2) is 45.7 Å². The third kappa shape index (κ3) is 3.48. The van der Waals surface area contributed by atoms with Crippen molar-refractivity contribution in [1.82, 2.24) is 20.0 Å². The second-order valence-corrected chi connectivity index (χ2v) is 6.59. The summed E-state index contributed by atoms with van der Waals surface area (Å²) in [6, 6.07) is 2.69. The van der Waals surface area contributed by atoms with E-state index in [1.54, 1.807) is 25.0 Å². The Balaban J connectivity index is 1.95. The van der Waals surface area contributed by atoms with Crippen molar-refractivity contribution in [2.45, 2.75) is 45.3 Å². The largest absolute Gasteiger partial charge is 0.380 e. The average Bonchev–Trinajstić information content (AvgIpc) is 3.19. The highest BCUT2D eigenvalue weighted by molar-refractivity contribution is 5.94. The van der Waals surface area contributed by atoms with Crippen LogP contribution in [0.25, 0.3) is 0 Å². The van der Waals surface area contributed by atoms with E-state index in [4.69, 9.17) is 9.26 Å². The monoisotopic (exact) mass is 346 g/mol. The lowest BCUT2D eigenvalue weighted by molar-refractivity contribution is 0.0670. The summed E-state index contributed by atoms with van der Waals surface area (Å²) in [4.78, 5) is 33.6. The number of aryl methyl sites for hydroxylation is 1. The number of aromatic nitrogens is 3. The molecule has 0 radical (unpaired) electrons. The molecule has 2 aromatic heterocycles. The van der Waals surface area contributed by atoms with E-state index in [0.717, 1.165) is 5.69 Å². The first-order chi connectivity index (χ1) is 11.9. The standard InChI is InChI=1S/C17H22N4O4/c1-9(2)13-5-11(6-15(22)19-13)17(23)21-8-12(24-4)7-14(21)16-18-10(3)20-25-16/h5-6,9,12,14H,7-8H2,1-4H3,(H,19,22)/t12-,14+/m0/s1. The summed E-state index contributed by atoms with van der Waals surface area (Å²) in [5, 5.41) is 3.81. The Morgan fingerprint density at radius 3 is 2.80 bits per heavy atom. The lowest BCUT2D eigenvalue weighted by Crippen LogP contribution is -2.33. The van der Waals surface area contributed by atoms with Crippen molar-refractivity contribution in [2.24, 2.45) is 0 Å². The summed E-state index contributed by atoms with van der Waals surface area (Å²) in [5.41, 5.74) is 0.788. The van der Waals surface area contributed by atoms with Gasteiger partial charge in [0.15, 0.2) is 5.82 Å². The summed E-state index contributed by atoms with van der Waals surface area (Å²) in [7, 11) is 1.61. The number of carbonyl (C=O) groups is 1. The molecule has 25 heavy (non-hydrogen) atoms. The molecule has 0 spiro atoms. The van der Waals surface area contributed by atoms with Gasteiger partial charge in [-0.25, -0.2) is 0 Å². The van der Waals surface area contributed by atoms with Crippen molar-refractivity contribution in [3.05, 3.63) is 45.5 Å². The number of nitrogens with zero attached hydrogens (tertiary/aromatic N) is 3. The zero-order valence-corrected chi connectivity index (χ0v) is 14.8. The predicted octanol–water partition coefficient (Wildman–Crippen LogP) is 1.79. The Hall–Kier alpha value is -2.48. The quantitative estimate of drug-likeness (QED) is 0.906. The van der Waals surface area contributed by atoms with Crippen molar-refractivity contribution in [2.75, 3.05) is 13.7 Å². The molecule has 1 saturated heterocycles. The number of likely N-dealkylation sites (tertiary alicyclic amines) is 1. The van der Waals surface area contributed by atoms with Gasteiger partial charge in [-0.15, -0.1) is 0 Å².